The highest BCUT2D eigenvalue weighted by atomic mass is 16.3. The van der Waals surface area contributed by atoms with Gasteiger partial charge in [-0.2, -0.15) is 0 Å². The maximum Gasteiger partial charge on any atom is 0.139 e. The number of para-hydroxylation sites is 1. The van der Waals surface area contributed by atoms with Crippen molar-refractivity contribution in [3.8, 4) is 28.3 Å². The molecule has 5 heterocycles. The Morgan fingerprint density at radius 1 is 0.568 bits per heavy atom. The SMILES string of the molecule is Oc1cc2ccc1-c1cccc(n1)N(c1ccccc1)c1cccc(n1)-c1ccc(cc1)CCCCC2. The molecule has 4 heteroatoms. The first-order chi connectivity index (χ1) is 18.2. The molecular weight excluding hydrogens is 454 g/mol. The number of phenols is 1. The van der Waals surface area contributed by atoms with Gasteiger partial charge in [0.25, 0.3) is 0 Å². The molecule has 3 aromatic carbocycles. The summed E-state index contributed by atoms with van der Waals surface area (Å²) < 4.78 is 0. The Kier molecular flexibility index (Phi) is 6.38. The van der Waals surface area contributed by atoms with E-state index in [4.69, 9.17) is 9.97 Å². The van der Waals surface area contributed by atoms with Crippen molar-refractivity contribution in [2.24, 2.45) is 0 Å². The number of hydrogen-bond acceptors (Lipinski definition) is 4. The fraction of sp³-hybridized carbons (Fsp3) is 0.152. The lowest BCUT2D eigenvalue weighted by atomic mass is 10.0. The first-order valence-electron chi connectivity index (χ1n) is 13.0. The first-order valence-corrected chi connectivity index (χ1v) is 13.0. The van der Waals surface area contributed by atoms with E-state index >= 15 is 0 Å². The fourth-order valence-corrected chi connectivity index (χ4v) is 4.99. The van der Waals surface area contributed by atoms with E-state index in [9.17, 15) is 5.11 Å². The number of anilines is 3. The molecule has 1 N–H and O–H groups in total. The molecule has 3 aliphatic heterocycles. The molecule has 8 bridgehead atoms. The summed E-state index contributed by atoms with van der Waals surface area (Å²) in [5.74, 6) is 1.79. The van der Waals surface area contributed by atoms with Crippen LogP contribution >= 0.6 is 0 Å². The largest absolute Gasteiger partial charge is 0.507 e. The average Bonchev–Trinajstić information content (AvgIpc) is 2.94. The number of aromatic hydroxyl groups is 1. The van der Waals surface area contributed by atoms with E-state index in [0.717, 1.165) is 77.5 Å². The Bertz CT molecular complexity index is 1510. The Morgan fingerprint density at radius 3 is 1.95 bits per heavy atom. The third-order valence-corrected chi connectivity index (χ3v) is 6.96. The monoisotopic (exact) mass is 483 g/mol. The van der Waals surface area contributed by atoms with Gasteiger partial charge >= 0.3 is 0 Å². The third kappa shape index (κ3) is 4.96. The van der Waals surface area contributed by atoms with Crippen molar-refractivity contribution in [3.63, 3.8) is 0 Å². The van der Waals surface area contributed by atoms with Crippen LogP contribution in [0, 0.1) is 0 Å². The van der Waals surface area contributed by atoms with E-state index in [2.05, 4.69) is 53.4 Å². The van der Waals surface area contributed by atoms with Crippen LogP contribution in [0.3, 0.4) is 0 Å². The summed E-state index contributed by atoms with van der Waals surface area (Å²) in [6.07, 6.45) is 5.45. The Morgan fingerprint density at radius 2 is 1.22 bits per heavy atom. The lowest BCUT2D eigenvalue weighted by Crippen LogP contribution is -2.13. The van der Waals surface area contributed by atoms with Crippen LogP contribution in [-0.2, 0) is 12.8 Å². The third-order valence-electron chi connectivity index (χ3n) is 6.96. The van der Waals surface area contributed by atoms with Gasteiger partial charge in [0.1, 0.15) is 17.4 Å². The molecule has 182 valence electrons. The number of benzene rings is 3. The van der Waals surface area contributed by atoms with E-state index in [1.165, 1.54) is 5.56 Å². The van der Waals surface area contributed by atoms with Gasteiger partial charge in [-0.05, 0) is 85.3 Å². The average molecular weight is 484 g/mol. The minimum atomic E-state index is 0.266. The molecule has 3 aliphatic rings. The van der Waals surface area contributed by atoms with Crippen molar-refractivity contribution in [1.29, 1.82) is 0 Å². The van der Waals surface area contributed by atoms with E-state index in [1.54, 1.807) is 0 Å². The molecule has 0 saturated heterocycles. The Balaban J connectivity index is 1.51. The second-order valence-electron chi connectivity index (χ2n) is 9.54. The Labute approximate surface area is 217 Å². The van der Waals surface area contributed by atoms with Crippen LogP contribution in [0.4, 0.5) is 17.3 Å². The minimum Gasteiger partial charge on any atom is -0.507 e. The molecule has 0 saturated carbocycles. The molecule has 0 aliphatic carbocycles. The van der Waals surface area contributed by atoms with E-state index in [1.807, 2.05) is 60.7 Å². The lowest BCUT2D eigenvalue weighted by molar-refractivity contribution is 0.476. The summed E-state index contributed by atoms with van der Waals surface area (Å²) in [6.45, 7) is 0. The van der Waals surface area contributed by atoms with Gasteiger partial charge in [0.15, 0.2) is 0 Å². The molecule has 5 aromatic rings. The number of rotatable bonds is 1. The molecular formula is C33H29N3O. The first kappa shape index (κ1) is 23.0. The fourth-order valence-electron chi connectivity index (χ4n) is 4.99. The summed E-state index contributed by atoms with van der Waals surface area (Å²) in [6, 6.07) is 37.0. The summed E-state index contributed by atoms with van der Waals surface area (Å²) >= 11 is 0. The number of hydrogen-bond donors (Lipinski definition) is 1. The number of aryl methyl sites for hydroxylation is 2. The van der Waals surface area contributed by atoms with Gasteiger partial charge in [-0.15, -0.1) is 0 Å². The van der Waals surface area contributed by atoms with Crippen molar-refractivity contribution in [2.75, 3.05) is 4.90 Å². The smallest absolute Gasteiger partial charge is 0.139 e. The predicted molar refractivity (Wildman–Crippen MR) is 151 cm³/mol. The normalized spacial score (nSPS) is 13.5. The molecule has 37 heavy (non-hydrogen) atoms. The van der Waals surface area contributed by atoms with Gasteiger partial charge in [0.2, 0.25) is 0 Å². The van der Waals surface area contributed by atoms with Gasteiger partial charge in [0.05, 0.1) is 11.4 Å². The number of phenolic OH excluding ortho intramolecular Hbond substituents is 1. The van der Waals surface area contributed by atoms with Crippen molar-refractivity contribution < 1.29 is 5.11 Å². The standard InChI is InChI=1S/C33H29N3O/c37-31-23-25-10-4-1-3-9-24-17-20-26(21-18-24)29-13-7-15-32(34-29)36(27-11-5-2-6-12-27)33-16-8-14-30(35-33)28(31)22-19-25/h2,5-8,11-23,37H,1,3-4,9-10H2. The molecule has 0 atom stereocenters. The van der Waals surface area contributed by atoms with Crippen LogP contribution in [0.5, 0.6) is 5.75 Å². The van der Waals surface area contributed by atoms with Crippen LogP contribution in [0.1, 0.15) is 30.4 Å². The molecule has 0 unspecified atom stereocenters. The van der Waals surface area contributed by atoms with Crippen LogP contribution in [0.15, 0.2) is 109 Å². The molecule has 0 spiro atoms. The lowest BCUT2D eigenvalue weighted by Gasteiger charge is -2.24. The number of aromatic nitrogens is 2. The van der Waals surface area contributed by atoms with Crippen molar-refractivity contribution >= 4 is 17.3 Å². The van der Waals surface area contributed by atoms with E-state index < -0.39 is 0 Å². The summed E-state index contributed by atoms with van der Waals surface area (Å²) in [5.41, 5.74) is 6.95. The molecule has 0 amide bonds. The van der Waals surface area contributed by atoms with Gasteiger partial charge in [-0.25, -0.2) is 9.97 Å². The highest BCUT2D eigenvalue weighted by Crippen LogP contribution is 2.36. The zero-order valence-electron chi connectivity index (χ0n) is 20.7. The second-order valence-corrected chi connectivity index (χ2v) is 9.54. The summed E-state index contributed by atoms with van der Waals surface area (Å²) in [7, 11) is 0. The predicted octanol–water partition coefficient (Wildman–Crippen LogP) is 8.25. The van der Waals surface area contributed by atoms with Crippen molar-refractivity contribution in [3.05, 3.63) is 120 Å². The number of pyridine rings is 2. The van der Waals surface area contributed by atoms with Crippen LogP contribution in [-0.4, -0.2) is 15.1 Å². The van der Waals surface area contributed by atoms with Crippen LogP contribution in [0.25, 0.3) is 22.5 Å². The van der Waals surface area contributed by atoms with Crippen LogP contribution in [0.2, 0.25) is 0 Å². The summed E-state index contributed by atoms with van der Waals surface area (Å²) in [4.78, 5) is 12.1. The minimum absolute atomic E-state index is 0.266. The van der Waals surface area contributed by atoms with Gasteiger partial charge in [-0.3, -0.25) is 4.90 Å². The van der Waals surface area contributed by atoms with Crippen molar-refractivity contribution in [1.82, 2.24) is 9.97 Å². The maximum absolute atomic E-state index is 10.9. The molecule has 4 nitrogen and oxygen atoms in total. The number of fused-ring (bicyclic) bond motifs is 2. The highest BCUT2D eigenvalue weighted by Gasteiger charge is 2.17. The second kappa shape index (κ2) is 10.3. The molecule has 0 fully saturated rings. The zero-order valence-corrected chi connectivity index (χ0v) is 20.7. The number of nitrogens with zero attached hydrogens (tertiary/aromatic N) is 3. The van der Waals surface area contributed by atoms with E-state index in [-0.39, 0.29) is 5.75 Å². The molecule has 8 rings (SSSR count). The van der Waals surface area contributed by atoms with E-state index in [0.29, 0.717) is 0 Å². The summed E-state index contributed by atoms with van der Waals surface area (Å²) in [5, 5.41) is 10.9. The quantitative estimate of drug-likeness (QED) is 0.261. The highest BCUT2D eigenvalue weighted by molar-refractivity contribution is 5.76. The van der Waals surface area contributed by atoms with Crippen LogP contribution < -0.4 is 4.90 Å². The zero-order chi connectivity index (χ0) is 25.0. The molecule has 2 aromatic heterocycles. The van der Waals surface area contributed by atoms with Gasteiger partial charge in [0, 0.05) is 16.8 Å². The Hall–Kier alpha value is -4.44. The van der Waals surface area contributed by atoms with Crippen molar-refractivity contribution in [2.45, 2.75) is 32.1 Å². The topological polar surface area (TPSA) is 49.3 Å². The molecule has 0 radical (unpaired) electrons. The maximum atomic E-state index is 10.9. The van der Waals surface area contributed by atoms with Gasteiger partial charge in [-0.1, -0.05) is 67.1 Å². The van der Waals surface area contributed by atoms with Gasteiger partial charge < -0.3 is 5.11 Å².